The maximum atomic E-state index is 11.1. The van der Waals surface area contributed by atoms with Crippen molar-refractivity contribution in [2.24, 2.45) is 5.92 Å². The quantitative estimate of drug-likeness (QED) is 0.846. The molecule has 2 fully saturated rings. The van der Waals surface area contributed by atoms with Gasteiger partial charge in [0.25, 0.3) is 0 Å². The third-order valence-electron chi connectivity index (χ3n) is 5.43. The highest BCUT2D eigenvalue weighted by Gasteiger charge is 2.30. The Morgan fingerprint density at radius 3 is 3.15 bits per heavy atom. The molecule has 0 aliphatic carbocycles. The van der Waals surface area contributed by atoms with Crippen molar-refractivity contribution in [2.45, 2.75) is 32.2 Å². The lowest BCUT2D eigenvalue weighted by Crippen LogP contribution is -2.27. The summed E-state index contributed by atoms with van der Waals surface area (Å²) in [4.78, 5) is 18.2. The maximum absolute atomic E-state index is 11.1. The molecule has 2 aromatic heterocycles. The van der Waals surface area contributed by atoms with Crippen molar-refractivity contribution in [3.63, 3.8) is 0 Å². The van der Waals surface area contributed by atoms with E-state index in [-0.39, 0.29) is 5.91 Å². The number of carbonyl (C=O) groups is 1. The van der Waals surface area contributed by atoms with E-state index in [1.54, 1.807) is 0 Å². The first-order chi connectivity index (χ1) is 12.7. The third-order valence-corrected chi connectivity index (χ3v) is 5.43. The Balaban J connectivity index is 1.48. The Bertz CT molecular complexity index is 768. The van der Waals surface area contributed by atoms with Crippen LogP contribution in [0.1, 0.15) is 31.4 Å². The number of hydrogen-bond donors (Lipinski definition) is 1. The molecule has 2 aromatic rings. The van der Waals surface area contributed by atoms with Crippen LogP contribution in [0.4, 0.5) is 0 Å². The number of amides is 1. The summed E-state index contributed by atoms with van der Waals surface area (Å²) in [5.41, 5.74) is 2.07. The maximum Gasteiger partial charge on any atom is 0.216 e. The number of nitrogens with one attached hydrogen (secondary N) is 1. The SMILES string of the molecule is CC(=O)NCCn1nc([C@H]2CCN(C[C@H]3CCOC3)C2)c2cccnc21. The van der Waals surface area contributed by atoms with Crippen molar-refractivity contribution in [1.29, 1.82) is 0 Å². The van der Waals surface area contributed by atoms with Gasteiger partial charge in [-0.3, -0.25) is 4.79 Å². The molecule has 140 valence electrons. The first-order valence-electron chi connectivity index (χ1n) is 9.56. The van der Waals surface area contributed by atoms with Gasteiger partial charge in [0.2, 0.25) is 5.91 Å². The van der Waals surface area contributed by atoms with E-state index in [9.17, 15) is 4.79 Å². The summed E-state index contributed by atoms with van der Waals surface area (Å²) in [5.74, 6) is 1.12. The van der Waals surface area contributed by atoms with E-state index >= 15 is 0 Å². The molecule has 4 heterocycles. The smallest absolute Gasteiger partial charge is 0.216 e. The van der Waals surface area contributed by atoms with Gasteiger partial charge in [-0.25, -0.2) is 9.67 Å². The van der Waals surface area contributed by atoms with E-state index in [1.165, 1.54) is 13.3 Å². The van der Waals surface area contributed by atoms with Gasteiger partial charge >= 0.3 is 0 Å². The number of hydrogen-bond acceptors (Lipinski definition) is 5. The number of likely N-dealkylation sites (tertiary alicyclic amines) is 1. The molecule has 0 unspecified atom stereocenters. The van der Waals surface area contributed by atoms with Gasteiger partial charge in [-0.2, -0.15) is 5.10 Å². The molecule has 26 heavy (non-hydrogen) atoms. The van der Waals surface area contributed by atoms with Gasteiger partial charge in [0.05, 0.1) is 18.8 Å². The van der Waals surface area contributed by atoms with Crippen LogP contribution in [0.5, 0.6) is 0 Å². The van der Waals surface area contributed by atoms with Crippen LogP contribution >= 0.6 is 0 Å². The summed E-state index contributed by atoms with van der Waals surface area (Å²) in [7, 11) is 0. The monoisotopic (exact) mass is 357 g/mol. The summed E-state index contributed by atoms with van der Waals surface area (Å²) < 4.78 is 7.45. The highest BCUT2D eigenvalue weighted by atomic mass is 16.5. The minimum absolute atomic E-state index is 0.0167. The Kier molecular flexibility index (Phi) is 5.17. The molecule has 4 rings (SSSR count). The molecule has 0 bridgehead atoms. The van der Waals surface area contributed by atoms with Crippen LogP contribution in [0.2, 0.25) is 0 Å². The topological polar surface area (TPSA) is 72.3 Å². The summed E-state index contributed by atoms with van der Waals surface area (Å²) in [6.07, 6.45) is 4.13. The van der Waals surface area contributed by atoms with Crippen LogP contribution in [-0.2, 0) is 16.1 Å². The first kappa shape index (κ1) is 17.4. The van der Waals surface area contributed by atoms with E-state index < -0.39 is 0 Å². The highest BCUT2D eigenvalue weighted by Crippen LogP contribution is 2.32. The van der Waals surface area contributed by atoms with Crippen LogP contribution in [0.15, 0.2) is 18.3 Å². The minimum Gasteiger partial charge on any atom is -0.381 e. The fraction of sp³-hybridized carbons (Fsp3) is 0.632. The number of aromatic nitrogens is 3. The standard InChI is InChI=1S/C19H27N5O2/c1-14(25)20-7-9-24-19-17(3-2-6-21-19)18(22-24)16-4-8-23(12-16)11-15-5-10-26-13-15/h2-3,6,15-16H,4-5,7-13H2,1H3,(H,20,25)/t15-,16+/m1/s1. The zero-order chi connectivity index (χ0) is 17.9. The van der Waals surface area contributed by atoms with E-state index in [1.807, 2.05) is 16.9 Å². The van der Waals surface area contributed by atoms with Crippen molar-refractivity contribution in [3.05, 3.63) is 24.0 Å². The van der Waals surface area contributed by atoms with Crippen molar-refractivity contribution in [1.82, 2.24) is 25.0 Å². The Hall–Kier alpha value is -1.99. The fourth-order valence-corrected chi connectivity index (χ4v) is 4.14. The van der Waals surface area contributed by atoms with Crippen LogP contribution in [0, 0.1) is 5.92 Å². The molecule has 1 amide bonds. The van der Waals surface area contributed by atoms with Gasteiger partial charge in [0.1, 0.15) is 0 Å². The summed E-state index contributed by atoms with van der Waals surface area (Å²) in [6.45, 7) is 7.89. The molecule has 0 spiro atoms. The lowest BCUT2D eigenvalue weighted by molar-refractivity contribution is -0.118. The molecule has 0 aromatic carbocycles. The largest absolute Gasteiger partial charge is 0.381 e. The van der Waals surface area contributed by atoms with E-state index in [2.05, 4.69) is 21.3 Å². The minimum atomic E-state index is -0.0167. The van der Waals surface area contributed by atoms with Gasteiger partial charge < -0.3 is 15.0 Å². The van der Waals surface area contributed by atoms with Crippen LogP contribution in [0.3, 0.4) is 0 Å². The van der Waals surface area contributed by atoms with E-state index in [0.29, 0.717) is 24.9 Å². The van der Waals surface area contributed by atoms with Crippen molar-refractivity contribution in [2.75, 3.05) is 39.4 Å². The third kappa shape index (κ3) is 3.73. The average Bonchev–Trinajstić information content (AvgIpc) is 3.36. The number of pyridine rings is 1. The predicted octanol–water partition coefficient (Wildman–Crippen LogP) is 1.39. The van der Waals surface area contributed by atoms with Gasteiger partial charge in [0.15, 0.2) is 5.65 Å². The molecular weight excluding hydrogens is 330 g/mol. The predicted molar refractivity (Wildman–Crippen MR) is 98.9 cm³/mol. The fourth-order valence-electron chi connectivity index (χ4n) is 4.14. The summed E-state index contributed by atoms with van der Waals surface area (Å²) in [6, 6.07) is 4.10. The summed E-state index contributed by atoms with van der Waals surface area (Å²) in [5, 5.41) is 8.87. The lowest BCUT2D eigenvalue weighted by Gasteiger charge is -2.19. The first-order valence-corrected chi connectivity index (χ1v) is 9.56. The van der Waals surface area contributed by atoms with Gasteiger partial charge in [-0.05, 0) is 37.4 Å². The molecule has 2 aliphatic heterocycles. The van der Waals surface area contributed by atoms with Crippen molar-refractivity contribution in [3.8, 4) is 0 Å². The lowest BCUT2D eigenvalue weighted by atomic mass is 10.0. The molecular formula is C19H27N5O2. The molecule has 2 aliphatic rings. The number of ether oxygens (including phenoxy) is 1. The number of fused-ring (bicyclic) bond motifs is 1. The molecule has 7 nitrogen and oxygen atoms in total. The highest BCUT2D eigenvalue weighted by molar-refractivity contribution is 5.79. The Labute approximate surface area is 153 Å². The molecule has 0 radical (unpaired) electrons. The average molecular weight is 357 g/mol. The zero-order valence-corrected chi connectivity index (χ0v) is 15.4. The zero-order valence-electron chi connectivity index (χ0n) is 15.4. The molecule has 0 saturated carbocycles. The molecule has 2 atom stereocenters. The summed E-state index contributed by atoms with van der Waals surface area (Å²) >= 11 is 0. The molecule has 2 saturated heterocycles. The molecule has 7 heteroatoms. The Morgan fingerprint density at radius 2 is 2.35 bits per heavy atom. The van der Waals surface area contributed by atoms with E-state index in [4.69, 9.17) is 9.84 Å². The van der Waals surface area contributed by atoms with Gasteiger partial charge in [0, 0.05) is 50.7 Å². The second-order valence-corrected chi connectivity index (χ2v) is 7.44. The second-order valence-electron chi connectivity index (χ2n) is 7.44. The van der Waals surface area contributed by atoms with Crippen LogP contribution < -0.4 is 5.32 Å². The number of carbonyl (C=O) groups excluding carboxylic acids is 1. The second kappa shape index (κ2) is 7.72. The van der Waals surface area contributed by atoms with Gasteiger partial charge in [-0.15, -0.1) is 0 Å². The number of rotatable bonds is 6. The van der Waals surface area contributed by atoms with Crippen LogP contribution in [0.25, 0.3) is 11.0 Å². The number of nitrogens with zero attached hydrogens (tertiary/aromatic N) is 4. The van der Waals surface area contributed by atoms with Crippen molar-refractivity contribution < 1.29 is 9.53 Å². The van der Waals surface area contributed by atoms with Crippen LogP contribution in [-0.4, -0.2) is 65.0 Å². The Morgan fingerprint density at radius 1 is 1.42 bits per heavy atom. The molecule has 1 N–H and O–H groups in total. The van der Waals surface area contributed by atoms with Crippen molar-refractivity contribution >= 4 is 16.9 Å². The van der Waals surface area contributed by atoms with Gasteiger partial charge in [-0.1, -0.05) is 0 Å². The van der Waals surface area contributed by atoms with E-state index in [0.717, 1.165) is 56.0 Å². The normalized spacial score (nSPS) is 23.7.